The number of likely N-dealkylation sites (N-methyl/N-ethyl adjacent to an activating group) is 1. The van der Waals surface area contributed by atoms with Gasteiger partial charge in [0.25, 0.3) is 0 Å². The number of aromatic nitrogens is 2. The van der Waals surface area contributed by atoms with Crippen LogP contribution in [0.15, 0.2) is 30.7 Å². The SMILES string of the molecule is COc1cc(NC(=S)NCCCn2cncc2C)ccc1OCCCN1CCN(C)CC1. The molecule has 1 aliphatic heterocycles. The van der Waals surface area contributed by atoms with Gasteiger partial charge in [0.2, 0.25) is 0 Å². The molecule has 0 aliphatic carbocycles. The third-order valence-corrected chi connectivity index (χ3v) is 5.92. The maximum absolute atomic E-state index is 5.98. The summed E-state index contributed by atoms with van der Waals surface area (Å²) in [4.78, 5) is 9.01. The van der Waals surface area contributed by atoms with Crippen LogP contribution in [0.4, 0.5) is 5.69 Å². The summed E-state index contributed by atoms with van der Waals surface area (Å²) in [6.07, 6.45) is 5.69. The molecule has 32 heavy (non-hydrogen) atoms. The van der Waals surface area contributed by atoms with E-state index in [1.54, 1.807) is 7.11 Å². The number of aryl methyl sites for hydroxylation is 2. The molecule has 1 aliphatic rings. The number of anilines is 1. The predicted octanol–water partition coefficient (Wildman–Crippen LogP) is 2.59. The summed E-state index contributed by atoms with van der Waals surface area (Å²) in [7, 11) is 3.84. The van der Waals surface area contributed by atoms with Gasteiger partial charge in [0.05, 0.1) is 20.0 Å². The number of rotatable bonds is 11. The van der Waals surface area contributed by atoms with Gasteiger partial charge in [-0.1, -0.05) is 0 Å². The third kappa shape index (κ3) is 7.65. The minimum Gasteiger partial charge on any atom is -0.493 e. The molecule has 2 aromatic rings. The van der Waals surface area contributed by atoms with Crippen LogP contribution in [0.3, 0.4) is 0 Å². The Hall–Kier alpha value is -2.36. The first-order valence-corrected chi connectivity index (χ1v) is 11.7. The summed E-state index contributed by atoms with van der Waals surface area (Å²) < 4.78 is 13.6. The molecule has 0 bridgehead atoms. The second-order valence-electron chi connectivity index (χ2n) is 8.18. The predicted molar refractivity (Wildman–Crippen MR) is 133 cm³/mol. The van der Waals surface area contributed by atoms with Crippen LogP contribution < -0.4 is 20.1 Å². The quantitative estimate of drug-likeness (QED) is 0.392. The van der Waals surface area contributed by atoms with Crippen molar-refractivity contribution < 1.29 is 9.47 Å². The van der Waals surface area contributed by atoms with Gasteiger partial charge in [-0.05, 0) is 51.2 Å². The number of piperazine rings is 1. The highest BCUT2D eigenvalue weighted by atomic mass is 32.1. The van der Waals surface area contributed by atoms with Crippen LogP contribution in [0.2, 0.25) is 0 Å². The van der Waals surface area contributed by atoms with Gasteiger partial charge >= 0.3 is 0 Å². The Morgan fingerprint density at radius 3 is 2.66 bits per heavy atom. The highest BCUT2D eigenvalue weighted by molar-refractivity contribution is 7.80. The summed E-state index contributed by atoms with van der Waals surface area (Å²) in [5.74, 6) is 1.46. The first kappa shape index (κ1) is 24.3. The lowest BCUT2D eigenvalue weighted by molar-refractivity contribution is 0.145. The number of nitrogens with one attached hydrogen (secondary N) is 2. The molecule has 1 aromatic carbocycles. The van der Waals surface area contributed by atoms with Gasteiger partial charge in [0.15, 0.2) is 16.6 Å². The minimum atomic E-state index is 0.593. The van der Waals surface area contributed by atoms with Gasteiger partial charge in [-0.3, -0.25) is 0 Å². The molecule has 8 nitrogen and oxygen atoms in total. The van der Waals surface area contributed by atoms with Gasteiger partial charge < -0.3 is 34.5 Å². The average molecular weight is 461 g/mol. The topological polar surface area (TPSA) is 66.8 Å². The molecule has 0 unspecified atom stereocenters. The Bertz CT molecular complexity index is 851. The molecule has 0 spiro atoms. The third-order valence-electron chi connectivity index (χ3n) is 5.68. The van der Waals surface area contributed by atoms with E-state index in [4.69, 9.17) is 21.7 Å². The van der Waals surface area contributed by atoms with Crippen molar-refractivity contribution in [3.63, 3.8) is 0 Å². The molecule has 0 amide bonds. The second-order valence-corrected chi connectivity index (χ2v) is 8.58. The Labute approximate surface area is 196 Å². The zero-order valence-electron chi connectivity index (χ0n) is 19.5. The smallest absolute Gasteiger partial charge is 0.170 e. The number of hydrogen-bond acceptors (Lipinski definition) is 6. The summed E-state index contributed by atoms with van der Waals surface area (Å²) in [6, 6.07) is 5.81. The number of ether oxygens (including phenoxy) is 2. The Morgan fingerprint density at radius 1 is 1.12 bits per heavy atom. The monoisotopic (exact) mass is 460 g/mol. The normalized spacial score (nSPS) is 14.8. The summed E-state index contributed by atoms with van der Waals surface area (Å²) in [5, 5.41) is 7.06. The molecule has 2 N–H and O–H groups in total. The number of nitrogens with zero attached hydrogens (tertiary/aromatic N) is 4. The van der Waals surface area contributed by atoms with E-state index in [-0.39, 0.29) is 0 Å². The lowest BCUT2D eigenvalue weighted by Gasteiger charge is -2.32. The molecule has 0 saturated carbocycles. The molecule has 1 aromatic heterocycles. The van der Waals surface area contributed by atoms with Gasteiger partial charge in [-0.2, -0.15) is 0 Å². The van der Waals surface area contributed by atoms with E-state index >= 15 is 0 Å². The number of benzene rings is 1. The van der Waals surface area contributed by atoms with Crippen molar-refractivity contribution in [2.45, 2.75) is 26.3 Å². The lowest BCUT2D eigenvalue weighted by atomic mass is 10.2. The van der Waals surface area contributed by atoms with E-state index in [2.05, 4.69) is 44.0 Å². The maximum atomic E-state index is 5.98. The summed E-state index contributed by atoms with van der Waals surface area (Å²) in [5.41, 5.74) is 2.04. The Kier molecular flexibility index (Phi) is 9.58. The van der Waals surface area contributed by atoms with E-state index in [1.165, 1.54) is 5.69 Å². The number of imidazole rings is 1. The molecule has 9 heteroatoms. The fraction of sp³-hybridized carbons (Fsp3) is 0.565. The molecule has 1 fully saturated rings. The molecule has 0 atom stereocenters. The first-order valence-electron chi connectivity index (χ1n) is 11.3. The maximum Gasteiger partial charge on any atom is 0.170 e. The minimum absolute atomic E-state index is 0.593. The first-order chi connectivity index (χ1) is 15.5. The van der Waals surface area contributed by atoms with Crippen molar-refractivity contribution in [1.82, 2.24) is 24.7 Å². The van der Waals surface area contributed by atoms with Gasteiger partial charge in [-0.25, -0.2) is 4.98 Å². The molecule has 176 valence electrons. The summed E-state index contributed by atoms with van der Waals surface area (Å²) in [6.45, 7) is 10.1. The van der Waals surface area contributed by atoms with E-state index < -0.39 is 0 Å². The van der Waals surface area contributed by atoms with Crippen molar-refractivity contribution in [3.8, 4) is 11.5 Å². The van der Waals surface area contributed by atoms with Gasteiger partial charge in [0, 0.05) is 69.5 Å². The fourth-order valence-corrected chi connectivity index (χ4v) is 3.87. The average Bonchev–Trinajstić information content (AvgIpc) is 3.20. The molecule has 2 heterocycles. The second kappa shape index (κ2) is 12.6. The highest BCUT2D eigenvalue weighted by Crippen LogP contribution is 2.30. The van der Waals surface area contributed by atoms with Crippen molar-refractivity contribution in [2.24, 2.45) is 0 Å². The molecule has 0 radical (unpaired) electrons. The number of thiocarbonyl (C=S) groups is 1. The molecular formula is C23H36N6O2S. The number of hydrogen-bond donors (Lipinski definition) is 2. The molecule has 1 saturated heterocycles. The molecule has 3 rings (SSSR count). The van der Waals surface area contributed by atoms with E-state index in [0.717, 1.165) is 70.1 Å². The molecular weight excluding hydrogens is 424 g/mol. The van der Waals surface area contributed by atoms with Crippen LogP contribution in [0.25, 0.3) is 0 Å². The van der Waals surface area contributed by atoms with Crippen LogP contribution in [0.5, 0.6) is 11.5 Å². The fourth-order valence-electron chi connectivity index (χ4n) is 3.65. The largest absolute Gasteiger partial charge is 0.493 e. The Balaban J connectivity index is 1.37. The highest BCUT2D eigenvalue weighted by Gasteiger charge is 2.13. The summed E-state index contributed by atoms with van der Waals surface area (Å²) >= 11 is 5.42. The van der Waals surface area contributed by atoms with Crippen LogP contribution in [-0.2, 0) is 6.54 Å². The Morgan fingerprint density at radius 2 is 1.94 bits per heavy atom. The van der Waals surface area contributed by atoms with Crippen LogP contribution in [0.1, 0.15) is 18.5 Å². The van der Waals surface area contributed by atoms with Gasteiger partial charge in [-0.15, -0.1) is 0 Å². The van der Waals surface area contributed by atoms with Crippen molar-refractivity contribution in [2.75, 3.05) is 65.3 Å². The van der Waals surface area contributed by atoms with Crippen LogP contribution in [0, 0.1) is 6.92 Å². The van der Waals surface area contributed by atoms with Crippen molar-refractivity contribution in [1.29, 1.82) is 0 Å². The lowest BCUT2D eigenvalue weighted by Crippen LogP contribution is -2.44. The van der Waals surface area contributed by atoms with Crippen molar-refractivity contribution >= 4 is 23.0 Å². The van der Waals surface area contributed by atoms with Crippen LogP contribution in [-0.4, -0.2) is 84.5 Å². The standard InChI is InChI=1S/C23H36N6O2S/c1-19-17-24-18-29(19)10-4-8-25-23(32)26-20-6-7-21(22(16-20)30-3)31-15-5-9-28-13-11-27(2)12-14-28/h6-7,16-18H,4-5,8-15H2,1-3H3,(H2,25,26,32). The zero-order valence-corrected chi connectivity index (χ0v) is 20.3. The van der Waals surface area contributed by atoms with E-state index in [9.17, 15) is 0 Å². The van der Waals surface area contributed by atoms with Gasteiger partial charge in [0.1, 0.15) is 0 Å². The van der Waals surface area contributed by atoms with E-state index in [1.807, 2.05) is 30.7 Å². The zero-order chi connectivity index (χ0) is 22.8. The van der Waals surface area contributed by atoms with E-state index in [0.29, 0.717) is 17.5 Å². The van der Waals surface area contributed by atoms with Crippen molar-refractivity contribution in [3.05, 3.63) is 36.4 Å². The van der Waals surface area contributed by atoms with Crippen LogP contribution >= 0.6 is 12.2 Å². The number of methoxy groups -OCH3 is 1.